The van der Waals surface area contributed by atoms with Gasteiger partial charge in [-0.05, 0) is 48.1 Å². The van der Waals surface area contributed by atoms with Gasteiger partial charge in [0.15, 0.2) is 5.78 Å². The summed E-state index contributed by atoms with van der Waals surface area (Å²) in [4.78, 5) is 11.8. The van der Waals surface area contributed by atoms with Gasteiger partial charge in [0.2, 0.25) is 0 Å². The molecule has 0 bridgehead atoms. The van der Waals surface area contributed by atoms with E-state index in [1.807, 2.05) is 12.1 Å². The van der Waals surface area contributed by atoms with Gasteiger partial charge in [-0.1, -0.05) is 25.5 Å². The Morgan fingerprint density at radius 3 is 2.84 bits per heavy atom. The summed E-state index contributed by atoms with van der Waals surface area (Å²) >= 11 is 0. The fourth-order valence-corrected chi connectivity index (χ4v) is 3.68. The second kappa shape index (κ2) is 4.22. The monoisotopic (exact) mass is 256 g/mol. The van der Waals surface area contributed by atoms with Crippen LogP contribution in [-0.2, 0) is 16.6 Å². The second-order valence-corrected chi connectivity index (χ2v) is 5.97. The molecule has 0 radical (unpaired) electrons. The fourth-order valence-electron chi connectivity index (χ4n) is 3.68. The molecule has 1 unspecified atom stereocenters. The average Bonchev–Trinajstić information content (AvgIpc) is 2.40. The third-order valence-corrected chi connectivity index (χ3v) is 5.03. The van der Waals surface area contributed by atoms with Gasteiger partial charge in [-0.25, -0.2) is 0 Å². The highest BCUT2D eigenvalue weighted by atomic mass is 16.5. The van der Waals surface area contributed by atoms with Crippen molar-refractivity contribution < 1.29 is 9.53 Å². The predicted molar refractivity (Wildman–Crippen MR) is 75.5 cm³/mol. The molecule has 0 amide bonds. The van der Waals surface area contributed by atoms with Gasteiger partial charge < -0.3 is 4.74 Å². The number of carbonyl (C=O) groups excluding carboxylic acids is 1. The molecule has 19 heavy (non-hydrogen) atoms. The second-order valence-electron chi connectivity index (χ2n) is 5.97. The Morgan fingerprint density at radius 1 is 1.32 bits per heavy atom. The molecule has 0 saturated heterocycles. The van der Waals surface area contributed by atoms with E-state index in [0.717, 1.165) is 18.6 Å². The van der Waals surface area contributed by atoms with Crippen molar-refractivity contribution in [3.8, 4) is 5.75 Å². The van der Waals surface area contributed by atoms with Crippen LogP contribution in [0.1, 0.15) is 37.8 Å². The lowest BCUT2D eigenvalue weighted by atomic mass is 9.58. The number of allylic oxidation sites excluding steroid dienone is 2. The average molecular weight is 256 g/mol. The number of hydrogen-bond acceptors (Lipinski definition) is 2. The standard InChI is InChI=1S/C17H20O2/c1-11-8-14(18)10-13-5-4-12-9-15(19-3)6-7-16(12)17(11,13)2/h6-7,9-11H,4-5,8H2,1-3H3/t11?,17-/m1/s1. The Hall–Kier alpha value is -1.57. The van der Waals surface area contributed by atoms with Crippen LogP contribution in [0.25, 0.3) is 0 Å². The van der Waals surface area contributed by atoms with E-state index in [1.54, 1.807) is 7.11 Å². The molecule has 2 heteroatoms. The summed E-state index contributed by atoms with van der Waals surface area (Å²) in [6.07, 6.45) is 4.55. The van der Waals surface area contributed by atoms with Gasteiger partial charge in [0.25, 0.3) is 0 Å². The van der Waals surface area contributed by atoms with Crippen molar-refractivity contribution in [1.82, 2.24) is 0 Å². The molecule has 1 aromatic rings. The lowest BCUT2D eigenvalue weighted by Gasteiger charge is -2.45. The smallest absolute Gasteiger partial charge is 0.155 e. The third kappa shape index (κ3) is 1.73. The Labute approximate surface area is 114 Å². The van der Waals surface area contributed by atoms with Crippen LogP contribution in [0, 0.1) is 5.92 Å². The van der Waals surface area contributed by atoms with E-state index in [-0.39, 0.29) is 11.2 Å². The zero-order chi connectivity index (χ0) is 13.6. The Balaban J connectivity index is 2.17. The van der Waals surface area contributed by atoms with E-state index < -0.39 is 0 Å². The lowest BCUT2D eigenvalue weighted by Crippen LogP contribution is -2.40. The maximum atomic E-state index is 11.8. The predicted octanol–water partition coefficient (Wildman–Crippen LogP) is 3.43. The molecule has 1 aromatic carbocycles. The Kier molecular flexibility index (Phi) is 2.77. The highest BCUT2D eigenvalue weighted by Gasteiger charge is 2.43. The largest absolute Gasteiger partial charge is 0.497 e. The SMILES string of the molecule is COc1ccc2c(c1)CCC1=CC(=O)CC(C)[C@]12C. The van der Waals surface area contributed by atoms with Crippen molar-refractivity contribution in [2.45, 2.75) is 38.5 Å². The first-order chi connectivity index (χ1) is 9.05. The molecule has 0 fully saturated rings. The van der Waals surface area contributed by atoms with Crippen LogP contribution in [0.3, 0.4) is 0 Å². The van der Waals surface area contributed by atoms with Crippen molar-refractivity contribution in [1.29, 1.82) is 0 Å². The number of hydrogen-bond donors (Lipinski definition) is 0. The van der Waals surface area contributed by atoms with Crippen LogP contribution in [0.4, 0.5) is 0 Å². The van der Waals surface area contributed by atoms with Gasteiger partial charge in [0.05, 0.1) is 7.11 Å². The zero-order valence-electron chi connectivity index (χ0n) is 11.8. The van der Waals surface area contributed by atoms with E-state index in [4.69, 9.17) is 4.74 Å². The summed E-state index contributed by atoms with van der Waals surface area (Å²) < 4.78 is 5.32. The van der Waals surface area contributed by atoms with Crippen molar-refractivity contribution in [2.75, 3.05) is 7.11 Å². The quantitative estimate of drug-likeness (QED) is 0.769. The number of methoxy groups -OCH3 is 1. The summed E-state index contributed by atoms with van der Waals surface area (Å²) in [5, 5.41) is 0. The van der Waals surface area contributed by atoms with Crippen molar-refractivity contribution >= 4 is 5.78 Å². The zero-order valence-corrected chi connectivity index (χ0v) is 11.8. The highest BCUT2D eigenvalue weighted by molar-refractivity contribution is 5.92. The van der Waals surface area contributed by atoms with Crippen LogP contribution in [0.15, 0.2) is 29.8 Å². The minimum Gasteiger partial charge on any atom is -0.497 e. The number of aryl methyl sites for hydroxylation is 1. The molecule has 0 spiro atoms. The van der Waals surface area contributed by atoms with Crippen LogP contribution in [-0.4, -0.2) is 12.9 Å². The summed E-state index contributed by atoms with van der Waals surface area (Å²) in [5.74, 6) is 1.58. The first kappa shape index (κ1) is 12.5. The molecule has 2 aliphatic carbocycles. The summed E-state index contributed by atoms with van der Waals surface area (Å²) in [5.41, 5.74) is 4.09. The highest BCUT2D eigenvalue weighted by Crippen LogP contribution is 2.49. The van der Waals surface area contributed by atoms with E-state index in [9.17, 15) is 4.79 Å². The maximum absolute atomic E-state index is 11.8. The van der Waals surface area contributed by atoms with Gasteiger partial charge in [0, 0.05) is 11.8 Å². The summed E-state index contributed by atoms with van der Waals surface area (Å²) in [7, 11) is 1.71. The van der Waals surface area contributed by atoms with Crippen LogP contribution in [0.5, 0.6) is 5.75 Å². The molecule has 0 aliphatic heterocycles. The van der Waals surface area contributed by atoms with Crippen molar-refractivity contribution in [3.63, 3.8) is 0 Å². The fraction of sp³-hybridized carbons (Fsp3) is 0.471. The Morgan fingerprint density at radius 2 is 2.11 bits per heavy atom. The first-order valence-corrected chi connectivity index (χ1v) is 6.97. The molecule has 3 rings (SSSR count). The lowest BCUT2D eigenvalue weighted by molar-refractivity contribution is -0.116. The van der Waals surface area contributed by atoms with E-state index in [2.05, 4.69) is 26.0 Å². The molecular weight excluding hydrogens is 236 g/mol. The summed E-state index contributed by atoms with van der Waals surface area (Å²) in [6.45, 7) is 4.49. The number of ketones is 1. The number of rotatable bonds is 1. The molecular formula is C17H20O2. The van der Waals surface area contributed by atoms with Gasteiger partial charge in [-0.2, -0.15) is 0 Å². The van der Waals surface area contributed by atoms with Crippen LogP contribution < -0.4 is 4.74 Å². The molecule has 0 aromatic heterocycles. The van der Waals surface area contributed by atoms with Crippen LogP contribution in [0.2, 0.25) is 0 Å². The van der Waals surface area contributed by atoms with Crippen molar-refractivity contribution in [2.24, 2.45) is 5.92 Å². The molecule has 2 aliphatic rings. The van der Waals surface area contributed by atoms with E-state index in [1.165, 1.54) is 16.7 Å². The third-order valence-electron chi connectivity index (χ3n) is 5.03. The summed E-state index contributed by atoms with van der Waals surface area (Å²) in [6, 6.07) is 6.38. The number of carbonyl (C=O) groups is 1. The number of benzene rings is 1. The molecule has 100 valence electrons. The minimum absolute atomic E-state index is 0.0216. The normalized spacial score (nSPS) is 29.3. The van der Waals surface area contributed by atoms with E-state index >= 15 is 0 Å². The number of ether oxygens (including phenoxy) is 1. The topological polar surface area (TPSA) is 26.3 Å². The van der Waals surface area contributed by atoms with Gasteiger partial charge in [-0.15, -0.1) is 0 Å². The molecule has 2 atom stereocenters. The molecule has 0 saturated carbocycles. The van der Waals surface area contributed by atoms with Crippen LogP contribution >= 0.6 is 0 Å². The molecule has 0 N–H and O–H groups in total. The van der Waals surface area contributed by atoms with Gasteiger partial charge >= 0.3 is 0 Å². The Bertz CT molecular complexity index is 571. The van der Waals surface area contributed by atoms with Crippen molar-refractivity contribution in [3.05, 3.63) is 41.0 Å². The minimum atomic E-state index is 0.0216. The molecule has 0 heterocycles. The first-order valence-electron chi connectivity index (χ1n) is 6.97. The van der Waals surface area contributed by atoms with Gasteiger partial charge in [-0.3, -0.25) is 4.79 Å². The molecule has 2 nitrogen and oxygen atoms in total. The number of fused-ring (bicyclic) bond motifs is 3. The van der Waals surface area contributed by atoms with E-state index in [0.29, 0.717) is 12.3 Å². The van der Waals surface area contributed by atoms with Gasteiger partial charge in [0.1, 0.15) is 5.75 Å². The maximum Gasteiger partial charge on any atom is 0.155 e.